The van der Waals surface area contributed by atoms with E-state index in [9.17, 15) is 9.90 Å². The lowest BCUT2D eigenvalue weighted by atomic mass is 10.2. The van der Waals surface area contributed by atoms with Crippen molar-refractivity contribution in [3.05, 3.63) is 47.8 Å². The van der Waals surface area contributed by atoms with Gasteiger partial charge in [0.05, 0.1) is 18.3 Å². The van der Waals surface area contributed by atoms with Gasteiger partial charge in [0.2, 0.25) is 6.79 Å². The molecule has 1 aromatic carbocycles. The molecule has 0 unspecified atom stereocenters. The van der Waals surface area contributed by atoms with Gasteiger partial charge in [-0.3, -0.25) is 9.89 Å². The number of aliphatic hydroxyl groups excluding tert-OH is 1. The molecule has 2 aromatic rings. The molecular formula is C17H17N3O5. The van der Waals surface area contributed by atoms with E-state index < -0.39 is 0 Å². The second-order valence-electron chi connectivity index (χ2n) is 5.72. The highest BCUT2D eigenvalue weighted by Crippen LogP contribution is 2.35. The van der Waals surface area contributed by atoms with E-state index in [0.29, 0.717) is 35.2 Å². The quantitative estimate of drug-likeness (QED) is 0.789. The Morgan fingerprint density at radius 1 is 1.36 bits per heavy atom. The Hall–Kier alpha value is -3.00. The number of fused-ring (bicyclic) bond motifs is 1. The van der Waals surface area contributed by atoms with Gasteiger partial charge >= 0.3 is 0 Å². The van der Waals surface area contributed by atoms with Crippen LogP contribution in [0.2, 0.25) is 0 Å². The Balaban J connectivity index is 1.39. The fourth-order valence-corrected chi connectivity index (χ4v) is 2.78. The lowest BCUT2D eigenvalue weighted by molar-refractivity contribution is 0.0694. The topological polar surface area (TPSA) is 96.9 Å². The average molecular weight is 343 g/mol. The molecule has 1 aromatic heterocycles. The number of rotatable bonds is 5. The highest BCUT2D eigenvalue weighted by Gasteiger charge is 2.26. The number of nitrogens with one attached hydrogen (secondary N) is 1. The number of ether oxygens (including phenoxy) is 3. The first-order chi connectivity index (χ1) is 12.2. The van der Waals surface area contributed by atoms with Gasteiger partial charge in [-0.1, -0.05) is 12.2 Å². The number of hydrogen-bond acceptors (Lipinski definition) is 6. The number of aliphatic hydroxyl groups is 1. The van der Waals surface area contributed by atoms with Crippen LogP contribution in [-0.2, 0) is 6.61 Å². The molecule has 0 radical (unpaired) electrons. The van der Waals surface area contributed by atoms with E-state index in [-0.39, 0.29) is 32.0 Å². The minimum absolute atomic E-state index is 0.104. The molecule has 130 valence electrons. The minimum Gasteiger partial charge on any atom is -0.487 e. The fourth-order valence-electron chi connectivity index (χ4n) is 2.78. The van der Waals surface area contributed by atoms with Crippen LogP contribution in [0.5, 0.6) is 17.2 Å². The number of hydrogen-bond donors (Lipinski definition) is 2. The van der Waals surface area contributed by atoms with Crippen molar-refractivity contribution in [1.29, 1.82) is 0 Å². The first kappa shape index (κ1) is 15.5. The maximum absolute atomic E-state index is 12.5. The molecule has 2 aliphatic rings. The zero-order valence-corrected chi connectivity index (χ0v) is 13.3. The third kappa shape index (κ3) is 3.03. The van der Waals surface area contributed by atoms with Crippen molar-refractivity contribution in [3.63, 3.8) is 0 Å². The van der Waals surface area contributed by atoms with Crippen LogP contribution in [0.4, 0.5) is 0 Å². The van der Waals surface area contributed by atoms with Gasteiger partial charge < -0.3 is 24.2 Å². The summed E-state index contributed by atoms with van der Waals surface area (Å²) < 4.78 is 16.3. The van der Waals surface area contributed by atoms with Crippen molar-refractivity contribution in [2.75, 3.05) is 19.9 Å². The van der Waals surface area contributed by atoms with Crippen LogP contribution in [0.1, 0.15) is 16.2 Å². The number of H-pyrrole nitrogens is 1. The summed E-state index contributed by atoms with van der Waals surface area (Å²) in [5, 5.41) is 16.2. The molecule has 0 saturated carbocycles. The van der Waals surface area contributed by atoms with Crippen molar-refractivity contribution >= 4 is 5.91 Å². The van der Waals surface area contributed by atoms with Crippen molar-refractivity contribution in [2.24, 2.45) is 0 Å². The lowest BCUT2D eigenvalue weighted by Crippen LogP contribution is -2.38. The second-order valence-corrected chi connectivity index (χ2v) is 5.72. The van der Waals surface area contributed by atoms with Crippen LogP contribution in [0.25, 0.3) is 0 Å². The Labute approximate surface area is 143 Å². The van der Waals surface area contributed by atoms with E-state index in [1.807, 2.05) is 12.2 Å². The number of nitrogens with zero attached hydrogens (tertiary/aromatic N) is 2. The van der Waals surface area contributed by atoms with Gasteiger partial charge in [-0.15, -0.1) is 0 Å². The molecule has 1 amide bonds. The van der Waals surface area contributed by atoms with E-state index in [1.54, 1.807) is 29.2 Å². The third-order valence-electron chi connectivity index (χ3n) is 4.10. The van der Waals surface area contributed by atoms with Crippen LogP contribution < -0.4 is 14.2 Å². The van der Waals surface area contributed by atoms with E-state index in [0.717, 1.165) is 0 Å². The zero-order chi connectivity index (χ0) is 17.2. The number of benzene rings is 1. The summed E-state index contributed by atoms with van der Waals surface area (Å²) in [6.45, 7) is 0.819. The summed E-state index contributed by atoms with van der Waals surface area (Å²) in [5.74, 6) is 1.75. The van der Waals surface area contributed by atoms with Crippen LogP contribution in [0.3, 0.4) is 0 Å². The van der Waals surface area contributed by atoms with Gasteiger partial charge in [-0.05, 0) is 18.2 Å². The number of carbonyl (C=O) groups is 1. The first-order valence-corrected chi connectivity index (χ1v) is 7.90. The van der Waals surface area contributed by atoms with Gasteiger partial charge in [0.1, 0.15) is 12.4 Å². The van der Waals surface area contributed by atoms with Gasteiger partial charge in [-0.25, -0.2) is 0 Å². The smallest absolute Gasteiger partial charge is 0.275 e. The monoisotopic (exact) mass is 343 g/mol. The van der Waals surface area contributed by atoms with Crippen LogP contribution in [0.15, 0.2) is 36.4 Å². The summed E-state index contributed by atoms with van der Waals surface area (Å²) in [5.41, 5.74) is 0.972. The molecule has 8 nitrogen and oxygen atoms in total. The van der Waals surface area contributed by atoms with Crippen LogP contribution >= 0.6 is 0 Å². The Bertz CT molecular complexity index is 816. The SMILES string of the molecule is O=C(c1cc(COc2ccc3c(c2)OCO3)[nH]n1)N1CC=C[C@@H]1CO. The van der Waals surface area contributed by atoms with Gasteiger partial charge in [0, 0.05) is 12.6 Å². The number of aromatic amines is 1. The molecule has 8 heteroatoms. The fraction of sp³-hybridized carbons (Fsp3) is 0.294. The molecule has 2 aliphatic heterocycles. The van der Waals surface area contributed by atoms with Gasteiger partial charge in [-0.2, -0.15) is 5.10 Å². The van der Waals surface area contributed by atoms with Gasteiger partial charge in [0.15, 0.2) is 17.2 Å². The van der Waals surface area contributed by atoms with E-state index in [4.69, 9.17) is 14.2 Å². The van der Waals surface area contributed by atoms with Crippen molar-refractivity contribution in [3.8, 4) is 17.2 Å². The lowest BCUT2D eigenvalue weighted by Gasteiger charge is -2.21. The zero-order valence-electron chi connectivity index (χ0n) is 13.3. The Morgan fingerprint density at radius 2 is 2.24 bits per heavy atom. The van der Waals surface area contributed by atoms with E-state index >= 15 is 0 Å². The molecule has 3 heterocycles. The summed E-state index contributed by atoms with van der Waals surface area (Å²) in [4.78, 5) is 14.0. The molecule has 0 fully saturated rings. The van der Waals surface area contributed by atoms with Crippen LogP contribution in [0, 0.1) is 0 Å². The predicted molar refractivity (Wildman–Crippen MR) is 86.5 cm³/mol. The largest absolute Gasteiger partial charge is 0.487 e. The van der Waals surface area contributed by atoms with Crippen molar-refractivity contribution in [2.45, 2.75) is 12.6 Å². The maximum atomic E-state index is 12.5. The Morgan fingerprint density at radius 3 is 3.12 bits per heavy atom. The first-order valence-electron chi connectivity index (χ1n) is 7.90. The number of aromatic nitrogens is 2. The molecule has 0 bridgehead atoms. The summed E-state index contributed by atoms with van der Waals surface area (Å²) >= 11 is 0. The predicted octanol–water partition coefficient (Wildman–Crippen LogP) is 1.09. The summed E-state index contributed by atoms with van der Waals surface area (Å²) in [7, 11) is 0. The maximum Gasteiger partial charge on any atom is 0.275 e. The number of carbonyl (C=O) groups excluding carboxylic acids is 1. The third-order valence-corrected chi connectivity index (χ3v) is 4.10. The minimum atomic E-state index is -0.294. The van der Waals surface area contributed by atoms with Crippen molar-refractivity contribution < 1.29 is 24.1 Å². The molecule has 25 heavy (non-hydrogen) atoms. The van der Waals surface area contributed by atoms with E-state index in [2.05, 4.69) is 10.2 Å². The molecule has 4 rings (SSSR count). The Kier molecular flexibility index (Phi) is 4.02. The van der Waals surface area contributed by atoms with Crippen molar-refractivity contribution in [1.82, 2.24) is 15.1 Å². The molecule has 0 aliphatic carbocycles. The second kappa shape index (κ2) is 6.48. The molecule has 1 atom stereocenters. The molecular weight excluding hydrogens is 326 g/mol. The standard InChI is InChI=1S/C17H17N3O5/c21-8-12-2-1-5-20(12)17(22)14-6-11(18-19-14)9-23-13-3-4-15-16(7-13)25-10-24-15/h1-4,6-7,12,21H,5,8-10H2,(H,18,19)/t12-/m1/s1. The summed E-state index contributed by atoms with van der Waals surface area (Å²) in [6.07, 6.45) is 3.67. The highest BCUT2D eigenvalue weighted by atomic mass is 16.7. The highest BCUT2D eigenvalue weighted by molar-refractivity contribution is 5.93. The van der Waals surface area contributed by atoms with Gasteiger partial charge in [0.25, 0.3) is 5.91 Å². The summed E-state index contributed by atoms with van der Waals surface area (Å²) in [6, 6.07) is 6.69. The number of amides is 1. The molecule has 0 saturated heterocycles. The average Bonchev–Trinajstić information content (AvgIpc) is 3.38. The molecule has 2 N–H and O–H groups in total. The van der Waals surface area contributed by atoms with E-state index in [1.165, 1.54) is 0 Å². The van der Waals surface area contributed by atoms with Crippen LogP contribution in [-0.4, -0.2) is 52.1 Å². The normalized spacial score (nSPS) is 18.0. The molecule has 0 spiro atoms.